The summed E-state index contributed by atoms with van der Waals surface area (Å²) in [6.07, 6.45) is 1.74. The van der Waals surface area contributed by atoms with Gasteiger partial charge in [0.15, 0.2) is 0 Å². The van der Waals surface area contributed by atoms with Gasteiger partial charge in [0.05, 0.1) is 6.54 Å². The molecular weight excluding hydrogens is 279 g/mol. The first-order valence-electron chi connectivity index (χ1n) is 6.48. The summed E-state index contributed by atoms with van der Waals surface area (Å²) in [5.74, 6) is 4.82. The predicted octanol–water partition coefficient (Wildman–Crippen LogP) is 1.21. The lowest BCUT2D eigenvalue weighted by Gasteiger charge is -2.07. The number of nitrogens with two attached hydrogens (primary N) is 1. The minimum atomic E-state index is -3.81. The Kier molecular flexibility index (Phi) is 4.43. The van der Waals surface area contributed by atoms with E-state index in [4.69, 9.17) is 5.73 Å². The summed E-state index contributed by atoms with van der Waals surface area (Å²) in [5.41, 5.74) is 5.64. The van der Waals surface area contributed by atoms with Crippen LogP contribution in [0.25, 0.3) is 0 Å². The lowest BCUT2D eigenvalue weighted by Crippen LogP contribution is -2.27. The minimum Gasteiger partial charge on any atom is -0.320 e. The highest BCUT2D eigenvalue weighted by Gasteiger charge is 2.39. The second-order valence-electron chi connectivity index (χ2n) is 4.78. The second kappa shape index (κ2) is 5.92. The highest BCUT2D eigenvalue weighted by molar-refractivity contribution is 7.89. The summed E-state index contributed by atoms with van der Waals surface area (Å²) in [6.45, 7) is 2.17. The molecule has 0 aliphatic heterocycles. The van der Waals surface area contributed by atoms with Crippen LogP contribution in [0.1, 0.15) is 25.3 Å². The van der Waals surface area contributed by atoms with Crippen LogP contribution < -0.4 is 10.5 Å². The number of sulfonamides is 1. The largest absolute Gasteiger partial charge is 0.320 e. The highest BCUT2D eigenvalue weighted by Crippen LogP contribution is 2.34. The minimum absolute atomic E-state index is 0.0684. The molecule has 0 amide bonds. The molecule has 0 aromatic heterocycles. The van der Waals surface area contributed by atoms with E-state index in [1.165, 1.54) is 12.1 Å². The van der Waals surface area contributed by atoms with E-state index in [-0.39, 0.29) is 17.5 Å². The smallest absolute Gasteiger partial charge is 0.243 e. The van der Waals surface area contributed by atoms with E-state index in [0.717, 1.165) is 18.9 Å². The monoisotopic (exact) mass is 296 g/mol. The highest BCUT2D eigenvalue weighted by atomic mass is 32.2. The van der Waals surface area contributed by atoms with Crippen molar-refractivity contribution in [3.8, 4) is 11.8 Å². The van der Waals surface area contributed by atoms with E-state index in [2.05, 4.69) is 16.6 Å². The number of rotatable bonds is 4. The molecule has 1 fully saturated rings. The van der Waals surface area contributed by atoms with Gasteiger partial charge in [0.1, 0.15) is 10.7 Å². The van der Waals surface area contributed by atoms with E-state index >= 15 is 0 Å². The number of nitrogens with one attached hydrogen (secondary N) is 1. The van der Waals surface area contributed by atoms with Crippen LogP contribution >= 0.6 is 0 Å². The average molecular weight is 296 g/mol. The van der Waals surface area contributed by atoms with Gasteiger partial charge in [-0.15, -0.1) is 0 Å². The number of benzene rings is 1. The molecule has 20 heavy (non-hydrogen) atoms. The van der Waals surface area contributed by atoms with E-state index in [9.17, 15) is 12.8 Å². The summed E-state index contributed by atoms with van der Waals surface area (Å²) in [7, 11) is -3.81. The molecule has 1 aromatic carbocycles. The first-order valence-corrected chi connectivity index (χ1v) is 7.97. The Labute approximate surface area is 118 Å². The maximum atomic E-state index is 13.9. The Hall–Kier alpha value is -1.42. The summed E-state index contributed by atoms with van der Waals surface area (Å²) >= 11 is 0. The second-order valence-corrected chi connectivity index (χ2v) is 6.47. The molecule has 1 aromatic rings. The summed E-state index contributed by atoms with van der Waals surface area (Å²) in [4.78, 5) is -0.336. The van der Waals surface area contributed by atoms with E-state index in [1.54, 1.807) is 0 Å². The lowest BCUT2D eigenvalue weighted by molar-refractivity contribution is 0.553. The quantitative estimate of drug-likeness (QED) is 0.820. The topological polar surface area (TPSA) is 72.2 Å². The zero-order chi connectivity index (χ0) is 14.8. The number of halogens is 1. The molecule has 1 aliphatic carbocycles. The summed E-state index contributed by atoms with van der Waals surface area (Å²) in [6, 6.07) is 3.76. The third-order valence-electron chi connectivity index (χ3n) is 3.31. The van der Waals surface area contributed by atoms with Crippen molar-refractivity contribution in [2.24, 2.45) is 11.7 Å². The molecule has 1 saturated carbocycles. The molecule has 0 spiro atoms. The maximum Gasteiger partial charge on any atom is 0.243 e. The van der Waals surface area contributed by atoms with Gasteiger partial charge in [-0.2, -0.15) is 0 Å². The van der Waals surface area contributed by atoms with Crippen molar-refractivity contribution in [1.82, 2.24) is 4.72 Å². The molecule has 2 rings (SSSR count). The molecule has 0 saturated heterocycles. The van der Waals surface area contributed by atoms with Crippen molar-refractivity contribution < 1.29 is 12.8 Å². The number of hydrogen-bond acceptors (Lipinski definition) is 3. The van der Waals surface area contributed by atoms with Crippen molar-refractivity contribution in [2.75, 3.05) is 6.54 Å². The van der Waals surface area contributed by atoms with Gasteiger partial charge in [-0.25, -0.2) is 17.5 Å². The van der Waals surface area contributed by atoms with Crippen molar-refractivity contribution >= 4 is 10.0 Å². The first-order chi connectivity index (χ1) is 9.47. The summed E-state index contributed by atoms with van der Waals surface area (Å²) in [5, 5.41) is 0. The number of hydrogen-bond donors (Lipinski definition) is 2. The zero-order valence-corrected chi connectivity index (χ0v) is 12.0. The van der Waals surface area contributed by atoms with Crippen molar-refractivity contribution in [1.29, 1.82) is 0 Å². The Bertz CT molecular complexity index is 661. The van der Waals surface area contributed by atoms with Crippen LogP contribution in [0.2, 0.25) is 0 Å². The fraction of sp³-hybridized carbons (Fsp3) is 0.429. The molecule has 108 valence electrons. The van der Waals surface area contributed by atoms with Crippen LogP contribution in [0.5, 0.6) is 0 Å². The average Bonchev–Trinajstić information content (AvgIpc) is 3.13. The molecule has 1 aliphatic rings. The van der Waals surface area contributed by atoms with Gasteiger partial charge in [0.2, 0.25) is 10.0 Å². The van der Waals surface area contributed by atoms with Crippen LogP contribution in [0.4, 0.5) is 4.39 Å². The normalized spacial score (nSPS) is 21.1. The fourth-order valence-electron chi connectivity index (χ4n) is 2.06. The zero-order valence-electron chi connectivity index (χ0n) is 11.2. The van der Waals surface area contributed by atoms with Gasteiger partial charge in [-0.05, 0) is 30.5 Å². The van der Waals surface area contributed by atoms with E-state index < -0.39 is 15.8 Å². The van der Waals surface area contributed by atoms with Crippen LogP contribution in [-0.2, 0) is 10.0 Å². The van der Waals surface area contributed by atoms with Crippen LogP contribution in [0, 0.1) is 23.6 Å². The molecule has 3 N–H and O–H groups in total. The van der Waals surface area contributed by atoms with Crippen molar-refractivity contribution in [2.45, 2.75) is 30.7 Å². The van der Waals surface area contributed by atoms with Gasteiger partial charge in [-0.1, -0.05) is 25.2 Å². The van der Waals surface area contributed by atoms with Gasteiger partial charge < -0.3 is 5.73 Å². The molecule has 2 unspecified atom stereocenters. The van der Waals surface area contributed by atoms with Crippen LogP contribution in [0.3, 0.4) is 0 Å². The lowest BCUT2D eigenvalue weighted by atomic mass is 10.2. The molecule has 0 bridgehead atoms. The molecule has 4 nitrogen and oxygen atoms in total. The fourth-order valence-corrected chi connectivity index (χ4v) is 3.43. The Morgan fingerprint density at radius 3 is 2.80 bits per heavy atom. The van der Waals surface area contributed by atoms with E-state index in [1.807, 2.05) is 6.92 Å². The molecule has 0 radical (unpaired) electrons. The SMILES string of the molecule is CCC1CC1NS(=O)(=O)c1ccc(C#CCN)cc1F. The predicted molar refractivity (Wildman–Crippen MR) is 74.8 cm³/mol. The first kappa shape index (κ1) is 15.0. The maximum absolute atomic E-state index is 13.9. The Balaban J connectivity index is 2.20. The third-order valence-corrected chi connectivity index (χ3v) is 4.83. The molecule has 6 heteroatoms. The molecule has 0 heterocycles. The van der Waals surface area contributed by atoms with Gasteiger partial charge in [0.25, 0.3) is 0 Å². The van der Waals surface area contributed by atoms with Crippen LogP contribution in [0.15, 0.2) is 23.1 Å². The van der Waals surface area contributed by atoms with Crippen LogP contribution in [-0.4, -0.2) is 21.0 Å². The van der Waals surface area contributed by atoms with Gasteiger partial charge in [0, 0.05) is 11.6 Å². The van der Waals surface area contributed by atoms with Crippen molar-refractivity contribution in [3.05, 3.63) is 29.6 Å². The van der Waals surface area contributed by atoms with Gasteiger partial charge >= 0.3 is 0 Å². The standard InChI is InChI=1S/C14H17FN2O2S/c1-2-11-9-13(11)17-20(18,19)14-6-5-10(4-3-7-16)8-12(14)15/h5-6,8,11,13,17H,2,7,9,16H2,1H3. The Morgan fingerprint density at radius 1 is 1.50 bits per heavy atom. The molecule has 2 atom stereocenters. The molecular formula is C14H17FN2O2S. The summed E-state index contributed by atoms with van der Waals surface area (Å²) < 4.78 is 40.6. The third kappa shape index (κ3) is 3.37. The van der Waals surface area contributed by atoms with Gasteiger partial charge in [-0.3, -0.25) is 0 Å². The van der Waals surface area contributed by atoms with E-state index in [0.29, 0.717) is 11.5 Å². The van der Waals surface area contributed by atoms with Crippen molar-refractivity contribution in [3.63, 3.8) is 0 Å². The Morgan fingerprint density at radius 2 is 2.25 bits per heavy atom.